The number of benzene rings is 2. The van der Waals surface area contributed by atoms with Crippen molar-refractivity contribution in [3.63, 3.8) is 0 Å². The maximum atomic E-state index is 13.7. The van der Waals surface area contributed by atoms with Crippen molar-refractivity contribution in [3.05, 3.63) is 75.3 Å². The third kappa shape index (κ3) is 3.97. The molecule has 1 aliphatic carbocycles. The number of halogens is 1. The van der Waals surface area contributed by atoms with Gasteiger partial charge in [0.15, 0.2) is 0 Å². The Morgan fingerprint density at radius 1 is 1.14 bits per heavy atom. The molecule has 3 aromatic heterocycles. The molecule has 176 valence electrons. The number of fused-ring (bicyclic) bond motifs is 2. The lowest BCUT2D eigenvalue weighted by Gasteiger charge is -2.18. The largest absolute Gasteiger partial charge is 0.360 e. The van der Waals surface area contributed by atoms with Gasteiger partial charge in [-0.2, -0.15) is 0 Å². The number of nitrogens with one attached hydrogen (secondary N) is 1. The number of aromatic nitrogens is 2. The topological polar surface area (TPSA) is 68.0 Å². The number of thiophene rings is 1. The summed E-state index contributed by atoms with van der Waals surface area (Å²) in [7, 11) is 0. The molecule has 0 radical (unpaired) electrons. The number of para-hydroxylation sites is 1. The number of carbonyl (C=O) groups excluding carboxylic acids is 1. The van der Waals surface area contributed by atoms with Crippen LogP contribution >= 0.6 is 34.3 Å². The first-order valence-corrected chi connectivity index (χ1v) is 13.5. The quantitative estimate of drug-likeness (QED) is 0.261. The van der Waals surface area contributed by atoms with Gasteiger partial charge >= 0.3 is 0 Å². The van der Waals surface area contributed by atoms with Crippen molar-refractivity contribution in [2.45, 2.75) is 33.1 Å². The highest BCUT2D eigenvalue weighted by molar-refractivity contribution is 7.23. The Hall–Kier alpha value is -3.00. The summed E-state index contributed by atoms with van der Waals surface area (Å²) in [5.74, 6) is 0.821. The zero-order valence-corrected chi connectivity index (χ0v) is 21.6. The van der Waals surface area contributed by atoms with Crippen molar-refractivity contribution < 1.29 is 9.32 Å². The summed E-state index contributed by atoms with van der Waals surface area (Å²) < 4.78 is 6.58. The van der Waals surface area contributed by atoms with Crippen LogP contribution in [0.25, 0.3) is 32.0 Å². The minimum Gasteiger partial charge on any atom is -0.360 e. The SMILES string of the molecule is Cc1onc(-c2ccccc2Cl)c1C(=O)Nc1sc2c(c1-c1nc3ccccc3s1)CCC(C)C2. The average Bonchev–Trinajstić information content (AvgIpc) is 3.53. The van der Waals surface area contributed by atoms with Crippen LogP contribution < -0.4 is 5.32 Å². The number of nitrogens with zero attached hydrogens (tertiary/aromatic N) is 2. The number of anilines is 1. The van der Waals surface area contributed by atoms with Crippen molar-refractivity contribution in [3.8, 4) is 21.8 Å². The van der Waals surface area contributed by atoms with Crippen molar-refractivity contribution in [2.75, 3.05) is 5.32 Å². The smallest absolute Gasteiger partial charge is 0.262 e. The zero-order chi connectivity index (χ0) is 24.1. The van der Waals surface area contributed by atoms with Crippen molar-refractivity contribution in [1.29, 1.82) is 0 Å². The van der Waals surface area contributed by atoms with Gasteiger partial charge in [0.2, 0.25) is 0 Å². The average molecular weight is 520 g/mol. The van der Waals surface area contributed by atoms with E-state index in [4.69, 9.17) is 21.1 Å². The van der Waals surface area contributed by atoms with E-state index >= 15 is 0 Å². The van der Waals surface area contributed by atoms with Gasteiger partial charge in [-0.15, -0.1) is 22.7 Å². The van der Waals surface area contributed by atoms with E-state index in [2.05, 4.69) is 23.5 Å². The Labute approximate surface area is 215 Å². The van der Waals surface area contributed by atoms with Crippen LogP contribution in [-0.4, -0.2) is 16.0 Å². The van der Waals surface area contributed by atoms with Crippen molar-refractivity contribution >= 4 is 55.4 Å². The van der Waals surface area contributed by atoms with E-state index in [1.54, 1.807) is 35.7 Å². The monoisotopic (exact) mass is 519 g/mol. The molecule has 0 saturated carbocycles. The van der Waals surface area contributed by atoms with Crippen molar-refractivity contribution in [2.24, 2.45) is 5.92 Å². The van der Waals surface area contributed by atoms with Crippen molar-refractivity contribution in [1.82, 2.24) is 10.1 Å². The van der Waals surface area contributed by atoms with Gasteiger partial charge in [0.05, 0.1) is 15.2 Å². The summed E-state index contributed by atoms with van der Waals surface area (Å²) in [5, 5.41) is 9.67. The standard InChI is InChI=1S/C27H22ClN3O2S2/c1-14-11-12-17-21(13-14)35-27(23(17)26-29-19-9-5-6-10-20(19)34-26)30-25(32)22-15(2)33-31-24(22)16-7-3-4-8-18(16)28/h3-10,14H,11-13H2,1-2H3,(H,30,32). The molecule has 0 spiro atoms. The molecule has 0 fully saturated rings. The highest BCUT2D eigenvalue weighted by Crippen LogP contribution is 2.47. The van der Waals surface area contributed by atoms with Crippen LogP contribution in [0.3, 0.4) is 0 Å². The van der Waals surface area contributed by atoms with Gasteiger partial charge in [-0.25, -0.2) is 4.98 Å². The highest BCUT2D eigenvalue weighted by Gasteiger charge is 2.29. The maximum absolute atomic E-state index is 13.7. The summed E-state index contributed by atoms with van der Waals surface area (Å²) in [4.78, 5) is 19.9. The molecule has 1 aliphatic rings. The van der Waals surface area contributed by atoms with E-state index in [9.17, 15) is 4.79 Å². The van der Waals surface area contributed by atoms with Crippen LogP contribution in [0.15, 0.2) is 53.1 Å². The Morgan fingerprint density at radius 3 is 2.77 bits per heavy atom. The second-order valence-corrected chi connectivity index (χ2v) is 11.5. The van der Waals surface area contributed by atoms with E-state index in [0.29, 0.717) is 33.5 Å². The molecule has 1 atom stereocenters. The Balaban J connectivity index is 1.44. The zero-order valence-electron chi connectivity index (χ0n) is 19.2. The second-order valence-electron chi connectivity index (χ2n) is 8.94. The number of carbonyl (C=O) groups is 1. The second kappa shape index (κ2) is 8.90. The van der Waals surface area contributed by atoms with E-state index < -0.39 is 0 Å². The fourth-order valence-corrected chi connectivity index (χ4v) is 7.43. The van der Waals surface area contributed by atoms with Crippen LogP contribution in [0.5, 0.6) is 0 Å². The molecule has 8 heteroatoms. The van der Waals surface area contributed by atoms with Gasteiger partial charge in [-0.05, 0) is 55.9 Å². The van der Waals surface area contributed by atoms with E-state index in [-0.39, 0.29) is 5.91 Å². The molecule has 1 unspecified atom stereocenters. The lowest BCUT2D eigenvalue weighted by molar-refractivity contribution is 0.102. The van der Waals surface area contributed by atoms with E-state index in [1.807, 2.05) is 36.4 Å². The summed E-state index contributed by atoms with van der Waals surface area (Å²) in [6.45, 7) is 4.03. The normalized spacial score (nSPS) is 15.3. The van der Waals surface area contributed by atoms with Gasteiger partial charge in [0.25, 0.3) is 5.91 Å². The molecule has 35 heavy (non-hydrogen) atoms. The van der Waals surface area contributed by atoms with E-state index in [0.717, 1.165) is 45.1 Å². The van der Waals surface area contributed by atoms with E-state index in [1.165, 1.54) is 10.4 Å². The first kappa shape index (κ1) is 22.5. The number of aryl methyl sites for hydroxylation is 1. The predicted octanol–water partition coefficient (Wildman–Crippen LogP) is 8.02. The molecule has 0 bridgehead atoms. The molecule has 5 aromatic rings. The fourth-order valence-electron chi connectivity index (χ4n) is 4.69. The van der Waals surface area contributed by atoms with Gasteiger partial charge in [-0.1, -0.05) is 54.0 Å². The molecule has 6 rings (SSSR count). The molecule has 1 N–H and O–H groups in total. The molecule has 2 aromatic carbocycles. The fraction of sp³-hybridized carbons (Fsp3) is 0.222. The molecule has 1 amide bonds. The summed E-state index contributed by atoms with van der Waals surface area (Å²) >= 11 is 9.75. The first-order chi connectivity index (χ1) is 17.0. The van der Waals surface area contributed by atoms with Crippen LogP contribution in [0.2, 0.25) is 5.02 Å². The molecule has 0 saturated heterocycles. The van der Waals surface area contributed by atoms with Gasteiger partial charge in [0, 0.05) is 16.0 Å². The minimum atomic E-state index is -0.257. The van der Waals surface area contributed by atoms with Gasteiger partial charge in [0.1, 0.15) is 27.0 Å². The van der Waals surface area contributed by atoms with Crippen LogP contribution in [-0.2, 0) is 12.8 Å². The number of hydrogen-bond donors (Lipinski definition) is 1. The number of amides is 1. The van der Waals surface area contributed by atoms with Gasteiger partial charge < -0.3 is 9.84 Å². The predicted molar refractivity (Wildman–Crippen MR) is 144 cm³/mol. The third-order valence-corrected chi connectivity index (χ3v) is 9.02. The number of hydrogen-bond acceptors (Lipinski definition) is 6. The molecular weight excluding hydrogens is 498 g/mol. The first-order valence-electron chi connectivity index (χ1n) is 11.5. The molecule has 5 nitrogen and oxygen atoms in total. The van der Waals surface area contributed by atoms with Crippen LogP contribution in [0, 0.1) is 12.8 Å². The molecule has 0 aliphatic heterocycles. The van der Waals surface area contributed by atoms with Gasteiger partial charge in [-0.3, -0.25) is 4.79 Å². The number of thiazole rings is 1. The Kier molecular flexibility index (Phi) is 5.71. The molecular formula is C27H22ClN3O2S2. The summed E-state index contributed by atoms with van der Waals surface area (Å²) in [6.07, 6.45) is 3.15. The maximum Gasteiger partial charge on any atom is 0.262 e. The lowest BCUT2D eigenvalue weighted by Crippen LogP contribution is -2.13. The van der Waals surface area contributed by atoms with Crippen LogP contribution in [0.4, 0.5) is 5.00 Å². The Bertz CT molecular complexity index is 1550. The summed E-state index contributed by atoms with van der Waals surface area (Å²) in [5.41, 5.74) is 4.86. The lowest BCUT2D eigenvalue weighted by atomic mass is 9.88. The third-order valence-electron chi connectivity index (χ3n) is 6.47. The minimum absolute atomic E-state index is 0.257. The number of rotatable bonds is 4. The Morgan fingerprint density at radius 2 is 1.94 bits per heavy atom. The summed E-state index contributed by atoms with van der Waals surface area (Å²) in [6, 6.07) is 15.5. The highest BCUT2D eigenvalue weighted by atomic mass is 35.5. The van der Waals surface area contributed by atoms with Crippen LogP contribution in [0.1, 0.15) is 39.9 Å². The molecule has 3 heterocycles.